The van der Waals surface area contributed by atoms with Crippen LogP contribution in [-0.2, 0) is 0 Å². The van der Waals surface area contributed by atoms with Crippen LogP contribution in [0.4, 0.5) is 0 Å². The van der Waals surface area contributed by atoms with E-state index in [1.165, 1.54) is 6.42 Å². The molecule has 2 nitrogen and oxygen atoms in total. The molecule has 0 spiro atoms. The van der Waals surface area contributed by atoms with E-state index in [9.17, 15) is 0 Å². The number of benzene rings is 2. The van der Waals surface area contributed by atoms with E-state index in [4.69, 9.17) is 16.3 Å². The van der Waals surface area contributed by atoms with Crippen molar-refractivity contribution in [3.05, 3.63) is 41.4 Å². The Morgan fingerprint density at radius 3 is 2.48 bits per heavy atom. The molecular weight excluding hydrogens is 282 g/mol. The Balaban J connectivity index is 1.98. The Morgan fingerprint density at radius 1 is 1.05 bits per heavy atom. The van der Waals surface area contributed by atoms with Crippen LogP contribution in [0, 0.1) is 5.92 Å². The van der Waals surface area contributed by atoms with Gasteiger partial charge in [-0.05, 0) is 37.9 Å². The number of fused-ring (bicyclic) bond motifs is 1. The Hall–Kier alpha value is -1.25. The van der Waals surface area contributed by atoms with E-state index in [0.717, 1.165) is 40.6 Å². The Bertz CT molecular complexity index is 582. The second-order valence-electron chi connectivity index (χ2n) is 5.91. The second kappa shape index (κ2) is 7.67. The SMILES string of the molecule is CC(C)CCNCC(C)Oc1ccc(Cl)c2ccccc12. The van der Waals surface area contributed by atoms with E-state index < -0.39 is 0 Å². The number of hydrogen-bond donors (Lipinski definition) is 1. The summed E-state index contributed by atoms with van der Waals surface area (Å²) >= 11 is 6.23. The van der Waals surface area contributed by atoms with Crippen LogP contribution in [0.5, 0.6) is 5.75 Å². The summed E-state index contributed by atoms with van der Waals surface area (Å²) in [5.74, 6) is 1.63. The summed E-state index contributed by atoms with van der Waals surface area (Å²) in [5, 5.41) is 6.32. The Kier molecular flexibility index (Phi) is 5.89. The highest BCUT2D eigenvalue weighted by Crippen LogP contribution is 2.31. The smallest absolute Gasteiger partial charge is 0.127 e. The number of nitrogens with one attached hydrogen (secondary N) is 1. The predicted molar refractivity (Wildman–Crippen MR) is 91.4 cm³/mol. The molecule has 1 atom stereocenters. The van der Waals surface area contributed by atoms with Crippen molar-refractivity contribution in [1.29, 1.82) is 0 Å². The van der Waals surface area contributed by atoms with Gasteiger partial charge in [-0.1, -0.05) is 49.7 Å². The first kappa shape index (κ1) is 16.1. The highest BCUT2D eigenvalue weighted by molar-refractivity contribution is 6.35. The molecule has 0 fully saturated rings. The fourth-order valence-electron chi connectivity index (χ4n) is 2.29. The number of rotatable bonds is 7. The molecular formula is C18H24ClNO. The zero-order valence-electron chi connectivity index (χ0n) is 13.0. The van der Waals surface area contributed by atoms with Gasteiger partial charge in [0.1, 0.15) is 11.9 Å². The van der Waals surface area contributed by atoms with E-state index in [1.807, 2.05) is 30.3 Å². The van der Waals surface area contributed by atoms with Crippen molar-refractivity contribution in [3.8, 4) is 5.75 Å². The highest BCUT2D eigenvalue weighted by atomic mass is 35.5. The molecule has 1 N–H and O–H groups in total. The van der Waals surface area contributed by atoms with Gasteiger partial charge in [0, 0.05) is 22.3 Å². The Morgan fingerprint density at radius 2 is 1.76 bits per heavy atom. The van der Waals surface area contributed by atoms with Crippen molar-refractivity contribution in [3.63, 3.8) is 0 Å². The molecule has 2 aromatic rings. The molecule has 2 rings (SSSR count). The zero-order valence-corrected chi connectivity index (χ0v) is 13.8. The van der Waals surface area contributed by atoms with Gasteiger partial charge < -0.3 is 10.1 Å². The van der Waals surface area contributed by atoms with Gasteiger partial charge in [-0.3, -0.25) is 0 Å². The maximum Gasteiger partial charge on any atom is 0.127 e. The van der Waals surface area contributed by atoms with E-state index in [2.05, 4.69) is 32.2 Å². The summed E-state index contributed by atoms with van der Waals surface area (Å²) in [5.41, 5.74) is 0. The normalized spacial score (nSPS) is 12.8. The third kappa shape index (κ3) is 4.62. The summed E-state index contributed by atoms with van der Waals surface area (Å²) in [6.45, 7) is 8.45. The molecule has 0 aliphatic rings. The van der Waals surface area contributed by atoms with Crippen LogP contribution < -0.4 is 10.1 Å². The van der Waals surface area contributed by atoms with Gasteiger partial charge in [0.15, 0.2) is 0 Å². The lowest BCUT2D eigenvalue weighted by Crippen LogP contribution is -2.30. The van der Waals surface area contributed by atoms with Crippen LogP contribution in [0.2, 0.25) is 5.02 Å². The largest absolute Gasteiger partial charge is 0.489 e. The molecule has 114 valence electrons. The first-order valence-corrected chi connectivity index (χ1v) is 8.00. The number of hydrogen-bond acceptors (Lipinski definition) is 2. The van der Waals surface area contributed by atoms with E-state index in [1.54, 1.807) is 0 Å². The molecule has 0 aromatic heterocycles. The number of ether oxygens (including phenoxy) is 1. The average molecular weight is 306 g/mol. The summed E-state index contributed by atoms with van der Waals surface area (Å²) in [4.78, 5) is 0. The first-order valence-electron chi connectivity index (χ1n) is 7.62. The fourth-order valence-corrected chi connectivity index (χ4v) is 2.52. The predicted octanol–water partition coefficient (Wildman–Crippen LogP) is 4.90. The minimum absolute atomic E-state index is 0.127. The van der Waals surface area contributed by atoms with Gasteiger partial charge in [0.05, 0.1) is 0 Å². The Labute approximate surface area is 132 Å². The topological polar surface area (TPSA) is 21.3 Å². The third-order valence-electron chi connectivity index (χ3n) is 3.49. The van der Waals surface area contributed by atoms with Crippen LogP contribution >= 0.6 is 11.6 Å². The molecule has 0 aliphatic carbocycles. The molecule has 21 heavy (non-hydrogen) atoms. The molecule has 0 saturated carbocycles. The van der Waals surface area contributed by atoms with Gasteiger partial charge in [0.2, 0.25) is 0 Å². The second-order valence-corrected chi connectivity index (χ2v) is 6.31. The minimum atomic E-state index is 0.127. The quantitative estimate of drug-likeness (QED) is 0.735. The molecule has 0 radical (unpaired) electrons. The lowest BCUT2D eigenvalue weighted by molar-refractivity contribution is 0.219. The first-order chi connectivity index (χ1) is 10.1. The van der Waals surface area contributed by atoms with Crippen LogP contribution in [0.25, 0.3) is 10.8 Å². The van der Waals surface area contributed by atoms with Crippen molar-refractivity contribution < 1.29 is 4.74 Å². The molecule has 0 saturated heterocycles. The standard InChI is InChI=1S/C18H24ClNO/c1-13(2)10-11-20-12-14(3)21-18-9-8-17(19)15-6-4-5-7-16(15)18/h4-9,13-14,20H,10-12H2,1-3H3. The van der Waals surface area contributed by atoms with Gasteiger partial charge >= 0.3 is 0 Å². The summed E-state index contributed by atoms with van der Waals surface area (Å²) in [6.07, 6.45) is 1.32. The van der Waals surface area contributed by atoms with Gasteiger partial charge in [0.25, 0.3) is 0 Å². The zero-order chi connectivity index (χ0) is 15.2. The maximum atomic E-state index is 6.23. The van der Waals surface area contributed by atoms with E-state index >= 15 is 0 Å². The van der Waals surface area contributed by atoms with E-state index in [-0.39, 0.29) is 6.10 Å². The highest BCUT2D eigenvalue weighted by Gasteiger charge is 2.09. The molecule has 3 heteroatoms. The van der Waals surface area contributed by atoms with Crippen LogP contribution in [0.3, 0.4) is 0 Å². The van der Waals surface area contributed by atoms with Crippen molar-refractivity contribution >= 4 is 22.4 Å². The van der Waals surface area contributed by atoms with Crippen LogP contribution in [-0.4, -0.2) is 19.2 Å². The van der Waals surface area contributed by atoms with Gasteiger partial charge in [-0.25, -0.2) is 0 Å². The van der Waals surface area contributed by atoms with Crippen LogP contribution in [0.1, 0.15) is 27.2 Å². The van der Waals surface area contributed by atoms with Gasteiger partial charge in [-0.2, -0.15) is 0 Å². The fraction of sp³-hybridized carbons (Fsp3) is 0.444. The number of halogens is 1. The molecule has 0 aliphatic heterocycles. The summed E-state index contributed by atoms with van der Waals surface area (Å²) in [7, 11) is 0. The summed E-state index contributed by atoms with van der Waals surface area (Å²) < 4.78 is 6.07. The minimum Gasteiger partial charge on any atom is -0.489 e. The average Bonchev–Trinajstić information content (AvgIpc) is 2.47. The van der Waals surface area contributed by atoms with Crippen LogP contribution in [0.15, 0.2) is 36.4 Å². The van der Waals surface area contributed by atoms with Crippen molar-refractivity contribution in [2.45, 2.75) is 33.3 Å². The van der Waals surface area contributed by atoms with E-state index in [0.29, 0.717) is 0 Å². The van der Waals surface area contributed by atoms with Gasteiger partial charge in [-0.15, -0.1) is 0 Å². The van der Waals surface area contributed by atoms with Crippen molar-refractivity contribution in [2.75, 3.05) is 13.1 Å². The monoisotopic (exact) mass is 305 g/mol. The van der Waals surface area contributed by atoms with Crippen molar-refractivity contribution in [1.82, 2.24) is 5.32 Å². The molecule has 0 heterocycles. The summed E-state index contributed by atoms with van der Waals surface area (Å²) in [6, 6.07) is 11.9. The molecule has 2 aromatic carbocycles. The molecule has 0 bridgehead atoms. The van der Waals surface area contributed by atoms with Crippen molar-refractivity contribution in [2.24, 2.45) is 5.92 Å². The lowest BCUT2D eigenvalue weighted by atomic mass is 10.1. The third-order valence-corrected chi connectivity index (χ3v) is 3.82. The molecule has 1 unspecified atom stereocenters. The maximum absolute atomic E-state index is 6.23. The lowest BCUT2D eigenvalue weighted by Gasteiger charge is -2.17. The molecule has 0 amide bonds.